The average Bonchev–Trinajstić information content (AvgIpc) is 3.01. The highest BCUT2D eigenvalue weighted by Gasteiger charge is 2.15. The van der Waals surface area contributed by atoms with Crippen LogP contribution in [0.1, 0.15) is 11.4 Å². The van der Waals surface area contributed by atoms with Gasteiger partial charge in [0, 0.05) is 24.5 Å². The SMILES string of the molecule is Cc1cc(C)n(-c2ccc(Oc3ccc(NC(=O)CN(C)S(C)(=O)=O)cc3)nn2)n1. The Bertz CT molecular complexity index is 1140. The van der Waals surface area contributed by atoms with Crippen LogP contribution in [0.15, 0.2) is 42.5 Å². The fourth-order valence-electron chi connectivity index (χ4n) is 2.59. The average molecular weight is 430 g/mol. The molecule has 0 bridgehead atoms. The van der Waals surface area contributed by atoms with Gasteiger partial charge in [-0.1, -0.05) is 0 Å². The van der Waals surface area contributed by atoms with Gasteiger partial charge >= 0.3 is 0 Å². The third-order valence-corrected chi connectivity index (χ3v) is 5.41. The van der Waals surface area contributed by atoms with Crippen molar-refractivity contribution in [3.05, 3.63) is 53.9 Å². The summed E-state index contributed by atoms with van der Waals surface area (Å²) < 4.78 is 31.1. The minimum absolute atomic E-state index is 0.270. The summed E-state index contributed by atoms with van der Waals surface area (Å²) in [5, 5.41) is 15.2. The van der Waals surface area contributed by atoms with E-state index in [1.807, 2.05) is 19.9 Å². The van der Waals surface area contributed by atoms with Crippen molar-refractivity contribution in [1.82, 2.24) is 24.3 Å². The van der Waals surface area contributed by atoms with Crippen molar-refractivity contribution in [2.45, 2.75) is 13.8 Å². The number of amides is 1. The Labute approximate surface area is 174 Å². The second-order valence-corrected chi connectivity index (χ2v) is 8.85. The van der Waals surface area contributed by atoms with E-state index in [0.717, 1.165) is 21.9 Å². The van der Waals surface area contributed by atoms with Gasteiger partial charge in [-0.2, -0.15) is 9.40 Å². The van der Waals surface area contributed by atoms with Crippen LogP contribution in [0, 0.1) is 13.8 Å². The number of ether oxygens (including phenoxy) is 1. The van der Waals surface area contributed by atoms with Crippen molar-refractivity contribution in [3.8, 4) is 17.4 Å². The fraction of sp³-hybridized carbons (Fsp3) is 0.263. The number of carbonyl (C=O) groups is 1. The predicted molar refractivity (Wildman–Crippen MR) is 111 cm³/mol. The number of aryl methyl sites for hydroxylation is 2. The Morgan fingerprint density at radius 3 is 2.37 bits per heavy atom. The maximum absolute atomic E-state index is 11.9. The van der Waals surface area contributed by atoms with Crippen LogP contribution in [0.3, 0.4) is 0 Å². The third kappa shape index (κ3) is 5.39. The van der Waals surface area contributed by atoms with Crippen molar-refractivity contribution in [3.63, 3.8) is 0 Å². The number of rotatable bonds is 7. The molecule has 10 nitrogen and oxygen atoms in total. The van der Waals surface area contributed by atoms with Crippen LogP contribution in [-0.2, 0) is 14.8 Å². The molecule has 2 heterocycles. The summed E-state index contributed by atoms with van der Waals surface area (Å²) in [6, 6.07) is 12.0. The summed E-state index contributed by atoms with van der Waals surface area (Å²) in [5.41, 5.74) is 2.36. The Morgan fingerprint density at radius 2 is 1.83 bits per heavy atom. The number of carbonyl (C=O) groups excluding carboxylic acids is 1. The Morgan fingerprint density at radius 1 is 1.13 bits per heavy atom. The van der Waals surface area contributed by atoms with Crippen molar-refractivity contribution >= 4 is 21.6 Å². The monoisotopic (exact) mass is 430 g/mol. The molecule has 0 aliphatic heterocycles. The normalized spacial score (nSPS) is 11.5. The summed E-state index contributed by atoms with van der Waals surface area (Å²) in [6.45, 7) is 3.57. The van der Waals surface area contributed by atoms with Gasteiger partial charge in [-0.3, -0.25) is 4.79 Å². The molecule has 0 atom stereocenters. The molecule has 0 unspecified atom stereocenters. The number of hydrogen-bond donors (Lipinski definition) is 1. The van der Waals surface area contributed by atoms with Gasteiger partial charge in [-0.25, -0.2) is 13.1 Å². The van der Waals surface area contributed by atoms with Crippen LogP contribution in [0.25, 0.3) is 5.82 Å². The lowest BCUT2D eigenvalue weighted by atomic mass is 10.3. The minimum atomic E-state index is -3.42. The quantitative estimate of drug-likeness (QED) is 0.608. The number of anilines is 1. The number of nitrogens with zero attached hydrogens (tertiary/aromatic N) is 5. The minimum Gasteiger partial charge on any atom is -0.438 e. The first-order chi connectivity index (χ1) is 14.1. The number of likely N-dealkylation sites (N-methyl/N-ethyl adjacent to an activating group) is 1. The van der Waals surface area contributed by atoms with Crippen molar-refractivity contribution < 1.29 is 17.9 Å². The Kier molecular flexibility index (Phi) is 6.13. The zero-order valence-corrected chi connectivity index (χ0v) is 17.8. The van der Waals surface area contributed by atoms with E-state index in [4.69, 9.17) is 4.74 Å². The van der Waals surface area contributed by atoms with Gasteiger partial charge in [0.2, 0.25) is 21.8 Å². The van der Waals surface area contributed by atoms with Crippen LogP contribution < -0.4 is 10.1 Å². The molecule has 158 valence electrons. The highest BCUT2D eigenvalue weighted by Crippen LogP contribution is 2.21. The lowest BCUT2D eigenvalue weighted by Crippen LogP contribution is -2.34. The lowest BCUT2D eigenvalue weighted by Gasteiger charge is -2.13. The van der Waals surface area contributed by atoms with Crippen LogP contribution in [0.4, 0.5) is 5.69 Å². The van der Waals surface area contributed by atoms with E-state index in [1.165, 1.54) is 7.05 Å². The van der Waals surface area contributed by atoms with E-state index in [1.54, 1.807) is 41.1 Å². The second-order valence-electron chi connectivity index (χ2n) is 6.76. The van der Waals surface area contributed by atoms with Crippen LogP contribution in [-0.4, -0.2) is 58.5 Å². The first-order valence-corrected chi connectivity index (χ1v) is 10.8. The lowest BCUT2D eigenvalue weighted by molar-refractivity contribution is -0.116. The van der Waals surface area contributed by atoms with Crippen molar-refractivity contribution in [2.75, 3.05) is 25.2 Å². The largest absolute Gasteiger partial charge is 0.438 e. The summed E-state index contributed by atoms with van der Waals surface area (Å²) in [5.74, 6) is 0.966. The number of hydrogen-bond acceptors (Lipinski definition) is 7. The zero-order valence-electron chi connectivity index (χ0n) is 17.0. The van der Waals surface area contributed by atoms with Gasteiger partial charge in [0.15, 0.2) is 5.82 Å². The Balaban J connectivity index is 1.60. The molecule has 1 N–H and O–H groups in total. The molecule has 1 amide bonds. The maximum Gasteiger partial charge on any atom is 0.239 e. The second kappa shape index (κ2) is 8.59. The molecule has 0 radical (unpaired) electrons. The highest BCUT2D eigenvalue weighted by atomic mass is 32.2. The van der Waals surface area contributed by atoms with Gasteiger partial charge in [0.05, 0.1) is 18.5 Å². The first-order valence-electron chi connectivity index (χ1n) is 8.98. The zero-order chi connectivity index (χ0) is 21.9. The standard InChI is InChI=1S/C19H22N6O4S/c1-13-11-14(2)25(23-13)17-9-10-19(22-21-17)29-16-7-5-15(6-8-16)20-18(26)12-24(3)30(4,27)28/h5-11H,12H2,1-4H3,(H,20,26). The van der Waals surface area contributed by atoms with E-state index in [-0.39, 0.29) is 6.54 Å². The van der Waals surface area contributed by atoms with Crippen molar-refractivity contribution in [2.24, 2.45) is 0 Å². The summed E-state index contributed by atoms with van der Waals surface area (Å²) in [7, 11) is -2.08. The van der Waals surface area contributed by atoms with Gasteiger partial charge in [0.1, 0.15) is 5.75 Å². The van der Waals surface area contributed by atoms with E-state index in [2.05, 4.69) is 20.6 Å². The van der Waals surface area contributed by atoms with E-state index in [0.29, 0.717) is 23.1 Å². The highest BCUT2D eigenvalue weighted by molar-refractivity contribution is 7.88. The number of aromatic nitrogens is 4. The number of benzene rings is 1. The van der Waals surface area contributed by atoms with E-state index >= 15 is 0 Å². The molecule has 2 aromatic heterocycles. The smallest absolute Gasteiger partial charge is 0.239 e. The van der Waals surface area contributed by atoms with E-state index in [9.17, 15) is 13.2 Å². The number of nitrogens with one attached hydrogen (secondary N) is 1. The van der Waals surface area contributed by atoms with E-state index < -0.39 is 15.9 Å². The van der Waals surface area contributed by atoms with Gasteiger partial charge in [0.25, 0.3) is 0 Å². The first kappa shape index (κ1) is 21.4. The Hall–Kier alpha value is -3.31. The molecule has 30 heavy (non-hydrogen) atoms. The van der Waals surface area contributed by atoms with Crippen LogP contribution >= 0.6 is 0 Å². The molecule has 0 aliphatic carbocycles. The van der Waals surface area contributed by atoms with Crippen LogP contribution in [0.2, 0.25) is 0 Å². The van der Waals surface area contributed by atoms with Gasteiger partial charge < -0.3 is 10.1 Å². The molecule has 3 aromatic rings. The molecule has 0 saturated carbocycles. The summed E-state index contributed by atoms with van der Waals surface area (Å²) in [6.07, 6.45) is 1.04. The van der Waals surface area contributed by atoms with Gasteiger partial charge in [-0.05, 0) is 50.2 Å². The molecule has 11 heteroatoms. The predicted octanol–water partition coefficient (Wildman–Crippen LogP) is 1.90. The maximum atomic E-state index is 11.9. The molecule has 0 saturated heterocycles. The number of sulfonamides is 1. The summed E-state index contributed by atoms with van der Waals surface area (Å²) in [4.78, 5) is 11.9. The molecule has 3 rings (SSSR count). The molecular weight excluding hydrogens is 408 g/mol. The van der Waals surface area contributed by atoms with Crippen molar-refractivity contribution in [1.29, 1.82) is 0 Å². The summed E-state index contributed by atoms with van der Waals surface area (Å²) >= 11 is 0. The molecule has 0 fully saturated rings. The van der Waals surface area contributed by atoms with Gasteiger partial charge in [-0.15, -0.1) is 10.2 Å². The fourth-order valence-corrected chi connectivity index (χ4v) is 2.94. The van der Waals surface area contributed by atoms with Crippen LogP contribution in [0.5, 0.6) is 11.6 Å². The molecular formula is C19H22N6O4S. The molecule has 0 spiro atoms. The third-order valence-electron chi connectivity index (χ3n) is 4.15. The molecule has 1 aromatic carbocycles. The molecule has 0 aliphatic rings. The topological polar surface area (TPSA) is 119 Å².